The molecule has 0 saturated carbocycles. The monoisotopic (exact) mass is 355 g/mol. The molecule has 0 spiro atoms. The van der Waals surface area contributed by atoms with Crippen LogP contribution in [-0.2, 0) is 19.1 Å². The van der Waals surface area contributed by atoms with Crippen LogP contribution in [0, 0.1) is 11.6 Å². The van der Waals surface area contributed by atoms with Crippen molar-refractivity contribution in [3.8, 4) is 5.75 Å². The van der Waals surface area contributed by atoms with Crippen LogP contribution < -0.4 is 10.1 Å². The smallest absolute Gasteiger partial charge is 0.350 e. The van der Waals surface area contributed by atoms with E-state index in [-0.39, 0.29) is 5.75 Å². The van der Waals surface area contributed by atoms with Gasteiger partial charge in [0, 0.05) is 32.2 Å². The van der Waals surface area contributed by atoms with Gasteiger partial charge in [0.25, 0.3) is 5.79 Å². The number of nitrogens with one attached hydrogen (secondary N) is 1. The molecule has 1 aromatic rings. The Kier molecular flexibility index (Phi) is 5.61. The summed E-state index contributed by atoms with van der Waals surface area (Å²) in [5.41, 5.74) is -1.03. The molecule has 1 aromatic carbocycles. The highest BCUT2D eigenvalue weighted by Gasteiger charge is 2.39. The number of unbranched alkanes of at least 4 members (excludes halogenated alkanes) is 1. The summed E-state index contributed by atoms with van der Waals surface area (Å²) in [5, 5.41) is 2.26. The predicted molar refractivity (Wildman–Crippen MR) is 84.7 cm³/mol. The molecule has 1 heterocycles. The fourth-order valence-electron chi connectivity index (χ4n) is 2.03. The highest BCUT2D eigenvalue weighted by Crippen LogP contribution is 2.27. The highest BCUT2D eigenvalue weighted by atomic mass is 19.1. The summed E-state index contributed by atoms with van der Waals surface area (Å²) in [6.45, 7) is 5.10. The van der Waals surface area contributed by atoms with Crippen molar-refractivity contribution in [3.63, 3.8) is 0 Å². The SMILES string of the molecule is CCCCOc1cc(F)c(NC=C2C(=O)OC(C)(C)OC2=O)c(F)c1. The molecule has 6 nitrogen and oxygen atoms in total. The average molecular weight is 355 g/mol. The lowest BCUT2D eigenvalue weighted by Crippen LogP contribution is -2.42. The Bertz CT molecular complexity index is 670. The number of halogens is 2. The van der Waals surface area contributed by atoms with Gasteiger partial charge in [-0.2, -0.15) is 0 Å². The van der Waals surface area contributed by atoms with Crippen LogP contribution in [0.25, 0.3) is 0 Å². The fourth-order valence-corrected chi connectivity index (χ4v) is 2.03. The van der Waals surface area contributed by atoms with Crippen LogP contribution in [0.1, 0.15) is 33.6 Å². The van der Waals surface area contributed by atoms with Gasteiger partial charge in [0.2, 0.25) is 0 Å². The molecule has 1 N–H and O–H groups in total. The number of hydrogen-bond donors (Lipinski definition) is 1. The third kappa shape index (κ3) is 4.68. The summed E-state index contributed by atoms with van der Waals surface area (Å²) in [5.74, 6) is -5.09. The van der Waals surface area contributed by atoms with Gasteiger partial charge in [0.1, 0.15) is 11.4 Å². The molecule has 8 heteroatoms. The fraction of sp³-hybridized carbons (Fsp3) is 0.412. The first-order valence-electron chi connectivity index (χ1n) is 7.78. The lowest BCUT2D eigenvalue weighted by atomic mass is 10.2. The summed E-state index contributed by atoms with van der Waals surface area (Å²) in [6.07, 6.45) is 2.50. The van der Waals surface area contributed by atoms with Gasteiger partial charge >= 0.3 is 11.9 Å². The molecular formula is C17H19F2NO5. The molecule has 0 radical (unpaired) electrons. The van der Waals surface area contributed by atoms with E-state index in [4.69, 9.17) is 14.2 Å². The molecular weight excluding hydrogens is 336 g/mol. The van der Waals surface area contributed by atoms with Gasteiger partial charge in [0.05, 0.1) is 6.61 Å². The van der Waals surface area contributed by atoms with Crippen molar-refractivity contribution in [1.82, 2.24) is 0 Å². The lowest BCUT2D eigenvalue weighted by Gasteiger charge is -2.29. The number of rotatable bonds is 6. The van der Waals surface area contributed by atoms with Gasteiger partial charge in [0.15, 0.2) is 17.2 Å². The second-order valence-corrected chi connectivity index (χ2v) is 5.85. The van der Waals surface area contributed by atoms with E-state index >= 15 is 0 Å². The van der Waals surface area contributed by atoms with Gasteiger partial charge in [-0.05, 0) is 6.42 Å². The first-order valence-corrected chi connectivity index (χ1v) is 7.78. The molecule has 0 aliphatic carbocycles. The van der Waals surface area contributed by atoms with E-state index in [1.54, 1.807) is 0 Å². The van der Waals surface area contributed by atoms with Crippen molar-refractivity contribution >= 4 is 17.6 Å². The molecule has 2 rings (SSSR count). The standard InChI is InChI=1S/C17H19F2NO5/c1-4-5-6-23-10-7-12(18)14(13(19)8-10)20-9-11-15(21)24-17(2,3)25-16(11)22/h7-9,20H,4-6H2,1-3H3. The van der Waals surface area contributed by atoms with E-state index in [0.717, 1.165) is 31.2 Å². The highest BCUT2D eigenvalue weighted by molar-refractivity contribution is 6.15. The molecule has 1 saturated heterocycles. The van der Waals surface area contributed by atoms with Crippen LogP contribution in [0.5, 0.6) is 5.75 Å². The lowest BCUT2D eigenvalue weighted by molar-refractivity contribution is -0.222. The normalized spacial score (nSPS) is 16.1. The van der Waals surface area contributed by atoms with Crippen molar-refractivity contribution in [1.29, 1.82) is 0 Å². The van der Waals surface area contributed by atoms with E-state index in [1.807, 2.05) is 6.92 Å². The number of anilines is 1. The van der Waals surface area contributed by atoms with Crippen LogP contribution >= 0.6 is 0 Å². The van der Waals surface area contributed by atoms with Gasteiger partial charge in [-0.25, -0.2) is 18.4 Å². The molecule has 1 fully saturated rings. The van der Waals surface area contributed by atoms with Crippen molar-refractivity contribution < 1.29 is 32.6 Å². The van der Waals surface area contributed by atoms with Gasteiger partial charge < -0.3 is 19.5 Å². The number of esters is 2. The maximum Gasteiger partial charge on any atom is 0.350 e. The number of carbonyl (C=O) groups excluding carboxylic acids is 2. The third-order valence-corrected chi connectivity index (χ3v) is 3.26. The Balaban J connectivity index is 2.15. The van der Waals surface area contributed by atoms with E-state index in [1.165, 1.54) is 13.8 Å². The largest absolute Gasteiger partial charge is 0.493 e. The summed E-state index contributed by atoms with van der Waals surface area (Å²) in [4.78, 5) is 23.5. The Morgan fingerprint density at radius 2 is 1.72 bits per heavy atom. The Hall–Kier alpha value is -2.64. The summed E-state index contributed by atoms with van der Waals surface area (Å²) in [6, 6.07) is 2.03. The van der Waals surface area contributed by atoms with E-state index < -0.39 is 40.6 Å². The van der Waals surface area contributed by atoms with Crippen LogP contribution in [0.15, 0.2) is 23.9 Å². The molecule has 25 heavy (non-hydrogen) atoms. The quantitative estimate of drug-likeness (QED) is 0.365. The molecule has 136 valence electrons. The molecule has 1 aliphatic heterocycles. The zero-order valence-electron chi connectivity index (χ0n) is 14.2. The molecule has 1 aliphatic rings. The summed E-state index contributed by atoms with van der Waals surface area (Å²) >= 11 is 0. The van der Waals surface area contributed by atoms with Crippen molar-refractivity contribution in [3.05, 3.63) is 35.5 Å². The van der Waals surface area contributed by atoms with E-state index in [0.29, 0.717) is 6.61 Å². The zero-order chi connectivity index (χ0) is 18.6. The van der Waals surface area contributed by atoms with Gasteiger partial charge in [-0.15, -0.1) is 0 Å². The Morgan fingerprint density at radius 1 is 1.16 bits per heavy atom. The number of hydrogen-bond acceptors (Lipinski definition) is 6. The third-order valence-electron chi connectivity index (χ3n) is 3.26. The Labute approximate surface area is 143 Å². The van der Waals surface area contributed by atoms with Crippen molar-refractivity contribution in [2.45, 2.75) is 39.4 Å². The van der Waals surface area contributed by atoms with Crippen LogP contribution in [0.4, 0.5) is 14.5 Å². The first-order chi connectivity index (χ1) is 11.7. The van der Waals surface area contributed by atoms with Crippen LogP contribution in [0.3, 0.4) is 0 Å². The summed E-state index contributed by atoms with van der Waals surface area (Å²) in [7, 11) is 0. The summed E-state index contributed by atoms with van der Waals surface area (Å²) < 4.78 is 43.1. The Morgan fingerprint density at radius 3 is 2.24 bits per heavy atom. The second kappa shape index (κ2) is 7.50. The number of ether oxygens (including phenoxy) is 3. The maximum atomic E-state index is 14.0. The van der Waals surface area contributed by atoms with Crippen molar-refractivity contribution in [2.24, 2.45) is 0 Å². The van der Waals surface area contributed by atoms with Crippen LogP contribution in [-0.4, -0.2) is 24.3 Å². The minimum absolute atomic E-state index is 0.0555. The number of carbonyl (C=O) groups is 2. The first kappa shape index (κ1) is 18.7. The predicted octanol–water partition coefficient (Wildman–Crippen LogP) is 3.28. The minimum Gasteiger partial charge on any atom is -0.493 e. The van der Waals surface area contributed by atoms with Gasteiger partial charge in [-0.1, -0.05) is 13.3 Å². The van der Waals surface area contributed by atoms with E-state index in [9.17, 15) is 18.4 Å². The average Bonchev–Trinajstić information content (AvgIpc) is 2.47. The molecule has 0 amide bonds. The molecule has 0 atom stereocenters. The zero-order valence-corrected chi connectivity index (χ0v) is 14.2. The van der Waals surface area contributed by atoms with E-state index in [2.05, 4.69) is 5.32 Å². The topological polar surface area (TPSA) is 73.9 Å². The molecule has 0 bridgehead atoms. The van der Waals surface area contributed by atoms with Crippen LogP contribution in [0.2, 0.25) is 0 Å². The minimum atomic E-state index is -1.39. The molecule has 0 unspecified atom stereocenters. The molecule has 0 aromatic heterocycles. The number of benzene rings is 1. The van der Waals surface area contributed by atoms with Gasteiger partial charge in [-0.3, -0.25) is 0 Å². The maximum absolute atomic E-state index is 14.0. The number of cyclic esters (lactones) is 2. The second-order valence-electron chi connectivity index (χ2n) is 5.85. The van der Waals surface area contributed by atoms with Crippen molar-refractivity contribution in [2.75, 3.05) is 11.9 Å².